The summed E-state index contributed by atoms with van der Waals surface area (Å²) >= 11 is 0. The Kier molecular flexibility index (Phi) is 11.2. The number of aliphatic carboxylic acids is 1. The van der Waals surface area contributed by atoms with Crippen LogP contribution >= 0.6 is 0 Å². The van der Waals surface area contributed by atoms with Gasteiger partial charge < -0.3 is 21.9 Å². The van der Waals surface area contributed by atoms with Crippen molar-refractivity contribution in [2.75, 3.05) is 0 Å². The number of carbonyl (C=O) groups is 3. The number of hydrogen-bond donors (Lipinski definition) is 4. The van der Waals surface area contributed by atoms with Crippen LogP contribution < -0.4 is 16.8 Å². The summed E-state index contributed by atoms with van der Waals surface area (Å²) in [5, 5.41) is 11.5. The minimum absolute atomic E-state index is 0.0127. The van der Waals surface area contributed by atoms with Crippen LogP contribution in [0, 0.1) is 5.92 Å². The minimum Gasteiger partial charge on any atom is -0.479 e. The van der Waals surface area contributed by atoms with E-state index in [0.717, 1.165) is 19.3 Å². The fourth-order valence-corrected chi connectivity index (χ4v) is 2.56. The van der Waals surface area contributed by atoms with Crippen LogP contribution in [0.5, 0.6) is 0 Å². The highest BCUT2D eigenvalue weighted by Crippen LogP contribution is 2.08. The molecule has 0 heterocycles. The van der Waals surface area contributed by atoms with Crippen molar-refractivity contribution in [3.8, 4) is 0 Å². The highest BCUT2D eigenvalue weighted by Gasteiger charge is 2.29. The molecule has 0 saturated heterocycles. The summed E-state index contributed by atoms with van der Waals surface area (Å²) in [5.74, 6) is -2.16. The third-order valence-corrected chi connectivity index (χ3v) is 3.74. The van der Waals surface area contributed by atoms with Crippen LogP contribution in [-0.4, -0.2) is 40.9 Å². The van der Waals surface area contributed by atoms with Crippen LogP contribution in [0.3, 0.4) is 0 Å². The zero-order valence-corrected chi connectivity index (χ0v) is 15.1. The van der Waals surface area contributed by atoms with Crippen molar-refractivity contribution >= 4 is 17.7 Å². The molecular weight excluding hydrogens is 310 g/mol. The quantitative estimate of drug-likeness (QED) is 0.293. The van der Waals surface area contributed by atoms with Gasteiger partial charge in [0.05, 0.1) is 0 Å². The van der Waals surface area contributed by atoms with Gasteiger partial charge in [-0.1, -0.05) is 40.0 Å². The summed E-state index contributed by atoms with van der Waals surface area (Å²) < 4.78 is 0. The second kappa shape index (κ2) is 12.0. The summed E-state index contributed by atoms with van der Waals surface area (Å²) in [7, 11) is 0. The Morgan fingerprint density at radius 2 is 1.67 bits per heavy atom. The van der Waals surface area contributed by atoms with E-state index < -0.39 is 29.7 Å². The number of carboxylic acid groups (broad SMARTS) is 1. The number of rotatable bonds is 13. The molecule has 7 nitrogen and oxygen atoms in total. The van der Waals surface area contributed by atoms with Gasteiger partial charge in [0, 0.05) is 24.9 Å². The Morgan fingerprint density at radius 3 is 2.17 bits per heavy atom. The summed E-state index contributed by atoms with van der Waals surface area (Å²) in [5.41, 5.74) is 11.7. The highest BCUT2D eigenvalue weighted by molar-refractivity contribution is 6.05. The average Bonchev–Trinajstić information content (AvgIpc) is 2.43. The summed E-state index contributed by atoms with van der Waals surface area (Å²) in [6, 6.07) is -2.30. The molecule has 0 unspecified atom stereocenters. The topological polar surface area (TPSA) is 136 Å². The molecule has 0 fully saturated rings. The Labute approximate surface area is 144 Å². The van der Waals surface area contributed by atoms with Crippen molar-refractivity contribution in [2.24, 2.45) is 17.4 Å². The Balaban J connectivity index is 4.48. The predicted octanol–water partition coefficient (Wildman–Crippen LogP) is 1.19. The Bertz CT molecular complexity index is 413. The monoisotopic (exact) mass is 343 g/mol. The number of ketones is 1. The predicted molar refractivity (Wildman–Crippen MR) is 93.4 cm³/mol. The molecule has 0 aromatic carbocycles. The van der Waals surface area contributed by atoms with E-state index in [0.29, 0.717) is 18.8 Å². The summed E-state index contributed by atoms with van der Waals surface area (Å²) in [6.45, 7) is 6.02. The van der Waals surface area contributed by atoms with E-state index in [-0.39, 0.29) is 18.9 Å². The SMILES string of the molecule is CCCCC[C@H](N)CC(=O)N[C@H](C(=O)O)C(=O)C[C@@H](N)CC(C)C. The molecule has 0 saturated carbocycles. The van der Waals surface area contributed by atoms with E-state index in [4.69, 9.17) is 11.5 Å². The molecule has 0 aliphatic heterocycles. The van der Waals surface area contributed by atoms with Gasteiger partial charge in [-0.3, -0.25) is 9.59 Å². The minimum atomic E-state index is -1.56. The van der Waals surface area contributed by atoms with E-state index in [1.807, 2.05) is 13.8 Å². The van der Waals surface area contributed by atoms with Gasteiger partial charge in [-0.2, -0.15) is 0 Å². The lowest BCUT2D eigenvalue weighted by Crippen LogP contribution is -2.49. The number of hydrogen-bond acceptors (Lipinski definition) is 5. The largest absolute Gasteiger partial charge is 0.479 e. The maximum Gasteiger partial charge on any atom is 0.334 e. The van der Waals surface area contributed by atoms with Crippen molar-refractivity contribution in [3.05, 3.63) is 0 Å². The molecule has 0 aliphatic carbocycles. The molecule has 0 aromatic rings. The van der Waals surface area contributed by atoms with Crippen molar-refractivity contribution in [1.29, 1.82) is 0 Å². The van der Waals surface area contributed by atoms with Crippen LogP contribution in [0.4, 0.5) is 0 Å². The second-order valence-electron chi connectivity index (χ2n) is 6.86. The van der Waals surface area contributed by atoms with Gasteiger partial charge in [-0.05, 0) is 18.8 Å². The molecule has 0 bridgehead atoms. The normalized spacial score (nSPS) is 14.9. The highest BCUT2D eigenvalue weighted by atomic mass is 16.4. The summed E-state index contributed by atoms with van der Waals surface area (Å²) in [4.78, 5) is 35.3. The van der Waals surface area contributed by atoms with Crippen molar-refractivity contribution in [2.45, 2.75) is 83.8 Å². The molecule has 7 heteroatoms. The Morgan fingerprint density at radius 1 is 1.04 bits per heavy atom. The van der Waals surface area contributed by atoms with Crippen LogP contribution in [0.2, 0.25) is 0 Å². The van der Waals surface area contributed by atoms with E-state index in [1.54, 1.807) is 0 Å². The van der Waals surface area contributed by atoms with Gasteiger partial charge in [-0.15, -0.1) is 0 Å². The van der Waals surface area contributed by atoms with Gasteiger partial charge in [0.1, 0.15) is 0 Å². The van der Waals surface area contributed by atoms with Gasteiger partial charge in [0.25, 0.3) is 0 Å². The van der Waals surface area contributed by atoms with Crippen LogP contribution in [0.1, 0.15) is 65.7 Å². The van der Waals surface area contributed by atoms with E-state index >= 15 is 0 Å². The number of Topliss-reactive ketones (excluding diaryl/α,β-unsaturated/α-hetero) is 1. The molecule has 24 heavy (non-hydrogen) atoms. The fourth-order valence-electron chi connectivity index (χ4n) is 2.56. The van der Waals surface area contributed by atoms with Crippen molar-refractivity contribution in [1.82, 2.24) is 5.32 Å². The number of carboxylic acids is 1. The van der Waals surface area contributed by atoms with Crippen molar-refractivity contribution in [3.63, 3.8) is 0 Å². The molecule has 0 rings (SSSR count). The number of amides is 1. The first-order valence-corrected chi connectivity index (χ1v) is 8.73. The molecule has 140 valence electrons. The lowest BCUT2D eigenvalue weighted by molar-refractivity contribution is -0.146. The first-order valence-electron chi connectivity index (χ1n) is 8.73. The van der Waals surface area contributed by atoms with E-state index in [1.165, 1.54) is 0 Å². The second-order valence-corrected chi connectivity index (χ2v) is 6.86. The number of nitrogens with two attached hydrogens (primary N) is 2. The fraction of sp³-hybridized carbons (Fsp3) is 0.824. The molecule has 3 atom stereocenters. The molecule has 0 aliphatic rings. The summed E-state index contributed by atoms with van der Waals surface area (Å²) in [6.07, 6.45) is 4.29. The molecule has 0 spiro atoms. The maximum absolute atomic E-state index is 12.1. The van der Waals surface area contributed by atoms with Crippen LogP contribution in [0.25, 0.3) is 0 Å². The molecule has 0 radical (unpaired) electrons. The van der Waals surface area contributed by atoms with Crippen LogP contribution in [0.15, 0.2) is 0 Å². The van der Waals surface area contributed by atoms with E-state index in [9.17, 15) is 19.5 Å². The maximum atomic E-state index is 12.1. The third-order valence-electron chi connectivity index (χ3n) is 3.74. The Hall–Kier alpha value is -1.47. The first kappa shape index (κ1) is 22.5. The molecule has 6 N–H and O–H groups in total. The molecule has 0 aromatic heterocycles. The van der Waals surface area contributed by atoms with Gasteiger partial charge in [0.2, 0.25) is 5.91 Å². The van der Waals surface area contributed by atoms with E-state index in [2.05, 4.69) is 12.2 Å². The first-order chi connectivity index (χ1) is 11.2. The molecule has 1 amide bonds. The zero-order chi connectivity index (χ0) is 18.7. The third kappa shape index (κ3) is 10.3. The van der Waals surface area contributed by atoms with Gasteiger partial charge in [-0.25, -0.2) is 4.79 Å². The molecular formula is C17H33N3O4. The smallest absolute Gasteiger partial charge is 0.334 e. The number of nitrogens with one attached hydrogen (secondary N) is 1. The lowest BCUT2D eigenvalue weighted by Gasteiger charge is -2.18. The average molecular weight is 343 g/mol. The zero-order valence-electron chi connectivity index (χ0n) is 15.1. The number of carbonyl (C=O) groups excluding carboxylic acids is 2. The lowest BCUT2D eigenvalue weighted by atomic mass is 9.97. The van der Waals surface area contributed by atoms with Crippen LogP contribution in [-0.2, 0) is 14.4 Å². The number of unbranched alkanes of at least 4 members (excludes halogenated alkanes) is 2. The van der Waals surface area contributed by atoms with Gasteiger partial charge >= 0.3 is 5.97 Å². The standard InChI is InChI=1S/C17H33N3O4/c1-4-5-6-7-12(18)10-15(22)20-16(17(23)24)14(21)9-13(19)8-11(2)3/h11-13,16H,4-10,18-19H2,1-3H3,(H,20,22)(H,23,24)/t12-,13-,16-/m0/s1. The van der Waals surface area contributed by atoms with Gasteiger partial charge in [0.15, 0.2) is 11.8 Å². The van der Waals surface area contributed by atoms with Crippen molar-refractivity contribution < 1.29 is 19.5 Å².